The summed E-state index contributed by atoms with van der Waals surface area (Å²) >= 11 is 0. The van der Waals surface area contributed by atoms with Crippen molar-refractivity contribution >= 4 is 0 Å². The van der Waals surface area contributed by atoms with Gasteiger partial charge in [0.05, 0.1) is 0 Å². The van der Waals surface area contributed by atoms with Crippen LogP contribution in [0.4, 0.5) is 0 Å². The number of aryl methyl sites for hydroxylation is 2. The van der Waals surface area contributed by atoms with Crippen molar-refractivity contribution in [1.82, 2.24) is 0 Å². The summed E-state index contributed by atoms with van der Waals surface area (Å²) in [7, 11) is 0. The maximum atomic E-state index is 2.24. The highest BCUT2D eigenvalue weighted by Crippen LogP contribution is 2.25. The zero-order valence-electron chi connectivity index (χ0n) is 13.3. The predicted octanol–water partition coefficient (Wildman–Crippen LogP) is 6.28. The molecule has 0 heterocycles. The molecule has 0 aliphatic heterocycles. The fourth-order valence-electron chi connectivity index (χ4n) is 2.83. The highest BCUT2D eigenvalue weighted by molar-refractivity contribution is 5.70. The monoisotopic (exact) mass is 286 g/mol. The van der Waals surface area contributed by atoms with Crippen molar-refractivity contribution in [2.24, 2.45) is 0 Å². The van der Waals surface area contributed by atoms with Crippen LogP contribution in [0.15, 0.2) is 72.8 Å². The lowest BCUT2D eigenvalue weighted by atomic mass is 9.98. The molecule has 0 spiro atoms. The van der Waals surface area contributed by atoms with E-state index >= 15 is 0 Å². The van der Waals surface area contributed by atoms with E-state index in [1.165, 1.54) is 39.8 Å². The van der Waals surface area contributed by atoms with Crippen LogP contribution >= 0.6 is 0 Å². The largest absolute Gasteiger partial charge is 0.0651 e. The first-order valence-electron chi connectivity index (χ1n) is 8.02. The van der Waals surface area contributed by atoms with Gasteiger partial charge in [-0.1, -0.05) is 91.7 Å². The van der Waals surface area contributed by atoms with Crippen molar-refractivity contribution in [3.05, 3.63) is 83.9 Å². The Morgan fingerprint density at radius 2 is 1.18 bits per heavy atom. The van der Waals surface area contributed by atoms with Gasteiger partial charge >= 0.3 is 0 Å². The minimum atomic E-state index is 1.16. The molecule has 0 aromatic heterocycles. The number of rotatable bonds is 4. The summed E-state index contributed by atoms with van der Waals surface area (Å²) in [6.07, 6.45) is 2.36. The molecule has 0 aliphatic rings. The van der Waals surface area contributed by atoms with Crippen molar-refractivity contribution in [3.8, 4) is 22.3 Å². The molecule has 0 bridgehead atoms. The van der Waals surface area contributed by atoms with Crippen molar-refractivity contribution in [2.45, 2.75) is 26.7 Å². The van der Waals surface area contributed by atoms with E-state index in [1.807, 2.05) is 0 Å². The summed E-state index contributed by atoms with van der Waals surface area (Å²) in [4.78, 5) is 0. The summed E-state index contributed by atoms with van der Waals surface area (Å²) in [5, 5.41) is 0. The summed E-state index contributed by atoms with van der Waals surface area (Å²) in [5.41, 5.74) is 7.84. The SMILES string of the molecule is CCCc1ccc(-c2ccc(-c3cccc(C)c3)cc2)cc1. The number of benzene rings is 3. The maximum Gasteiger partial charge on any atom is -0.0181 e. The molecule has 0 nitrogen and oxygen atoms in total. The molecule has 3 rings (SSSR count). The molecule has 0 amide bonds. The summed E-state index contributed by atoms with van der Waals surface area (Å²) in [6, 6.07) is 26.4. The third-order valence-electron chi connectivity index (χ3n) is 4.06. The van der Waals surface area contributed by atoms with Gasteiger partial charge in [0.15, 0.2) is 0 Å². The fraction of sp³-hybridized carbons (Fsp3) is 0.182. The van der Waals surface area contributed by atoms with E-state index in [2.05, 4.69) is 86.6 Å². The lowest BCUT2D eigenvalue weighted by Crippen LogP contribution is -1.84. The molecule has 22 heavy (non-hydrogen) atoms. The normalized spacial score (nSPS) is 10.6. The Bertz CT molecular complexity index is 734. The first-order chi connectivity index (χ1) is 10.8. The second-order valence-corrected chi connectivity index (χ2v) is 5.89. The molecular weight excluding hydrogens is 264 g/mol. The third kappa shape index (κ3) is 3.28. The van der Waals surface area contributed by atoms with Crippen LogP contribution in [0, 0.1) is 6.92 Å². The smallest absolute Gasteiger partial charge is 0.0181 e. The highest BCUT2D eigenvalue weighted by Gasteiger charge is 2.01. The maximum absolute atomic E-state index is 2.24. The molecule has 0 atom stereocenters. The lowest BCUT2D eigenvalue weighted by molar-refractivity contribution is 0.922. The molecular formula is C22H22. The van der Waals surface area contributed by atoms with Gasteiger partial charge in [0.25, 0.3) is 0 Å². The van der Waals surface area contributed by atoms with E-state index in [0.717, 1.165) is 6.42 Å². The van der Waals surface area contributed by atoms with Gasteiger partial charge in [-0.05, 0) is 41.2 Å². The van der Waals surface area contributed by atoms with Crippen LogP contribution in [0.2, 0.25) is 0 Å². The van der Waals surface area contributed by atoms with E-state index in [4.69, 9.17) is 0 Å². The van der Waals surface area contributed by atoms with Crippen molar-refractivity contribution in [3.63, 3.8) is 0 Å². The second-order valence-electron chi connectivity index (χ2n) is 5.89. The van der Waals surface area contributed by atoms with Gasteiger partial charge < -0.3 is 0 Å². The molecule has 0 saturated heterocycles. The van der Waals surface area contributed by atoms with Crippen LogP contribution < -0.4 is 0 Å². The highest BCUT2D eigenvalue weighted by atomic mass is 14.1. The average Bonchev–Trinajstić information content (AvgIpc) is 2.56. The Balaban J connectivity index is 1.84. The van der Waals surface area contributed by atoms with Gasteiger partial charge in [0, 0.05) is 0 Å². The molecule has 0 aliphatic carbocycles. The van der Waals surface area contributed by atoms with Gasteiger partial charge in [0.2, 0.25) is 0 Å². The number of hydrogen-bond donors (Lipinski definition) is 0. The average molecular weight is 286 g/mol. The van der Waals surface area contributed by atoms with Crippen molar-refractivity contribution in [2.75, 3.05) is 0 Å². The van der Waals surface area contributed by atoms with E-state index in [9.17, 15) is 0 Å². The Hall–Kier alpha value is -2.34. The first kappa shape index (κ1) is 14.6. The lowest BCUT2D eigenvalue weighted by Gasteiger charge is -2.07. The van der Waals surface area contributed by atoms with Crippen LogP contribution in [0.5, 0.6) is 0 Å². The van der Waals surface area contributed by atoms with E-state index in [1.54, 1.807) is 0 Å². The van der Waals surface area contributed by atoms with Crippen molar-refractivity contribution in [1.29, 1.82) is 0 Å². The second kappa shape index (κ2) is 6.62. The van der Waals surface area contributed by atoms with Crippen LogP contribution in [-0.2, 0) is 6.42 Å². The van der Waals surface area contributed by atoms with Gasteiger partial charge in [-0.25, -0.2) is 0 Å². The molecule has 0 N–H and O–H groups in total. The molecule has 110 valence electrons. The van der Waals surface area contributed by atoms with E-state index in [-0.39, 0.29) is 0 Å². The minimum absolute atomic E-state index is 1.16. The quantitative estimate of drug-likeness (QED) is 0.529. The minimum Gasteiger partial charge on any atom is -0.0651 e. The van der Waals surface area contributed by atoms with Crippen LogP contribution in [0.25, 0.3) is 22.3 Å². The zero-order valence-corrected chi connectivity index (χ0v) is 13.3. The van der Waals surface area contributed by atoms with E-state index in [0.29, 0.717) is 0 Å². The molecule has 3 aromatic carbocycles. The Labute approximate surface area is 133 Å². The molecule has 0 radical (unpaired) electrons. The van der Waals surface area contributed by atoms with Crippen LogP contribution in [-0.4, -0.2) is 0 Å². The summed E-state index contributed by atoms with van der Waals surface area (Å²) in [6.45, 7) is 4.35. The van der Waals surface area contributed by atoms with Crippen LogP contribution in [0.1, 0.15) is 24.5 Å². The summed E-state index contributed by atoms with van der Waals surface area (Å²) in [5.74, 6) is 0. The van der Waals surface area contributed by atoms with Crippen molar-refractivity contribution < 1.29 is 0 Å². The van der Waals surface area contributed by atoms with Gasteiger partial charge in [-0.2, -0.15) is 0 Å². The standard InChI is InChI=1S/C22H22/c1-3-5-18-8-10-19(11-9-18)20-12-14-21(15-13-20)22-7-4-6-17(2)16-22/h4,6-16H,3,5H2,1-2H3. The van der Waals surface area contributed by atoms with Gasteiger partial charge in [0.1, 0.15) is 0 Å². The zero-order chi connectivity index (χ0) is 15.4. The predicted molar refractivity (Wildman–Crippen MR) is 96.0 cm³/mol. The molecule has 0 unspecified atom stereocenters. The molecule has 0 saturated carbocycles. The molecule has 0 fully saturated rings. The molecule has 0 heteroatoms. The topological polar surface area (TPSA) is 0 Å². The Morgan fingerprint density at radius 3 is 1.73 bits per heavy atom. The third-order valence-corrected chi connectivity index (χ3v) is 4.06. The van der Waals surface area contributed by atoms with Gasteiger partial charge in [-0.3, -0.25) is 0 Å². The summed E-state index contributed by atoms with van der Waals surface area (Å²) < 4.78 is 0. The van der Waals surface area contributed by atoms with Gasteiger partial charge in [-0.15, -0.1) is 0 Å². The first-order valence-corrected chi connectivity index (χ1v) is 8.02. The molecule has 3 aromatic rings. The van der Waals surface area contributed by atoms with Crippen LogP contribution in [0.3, 0.4) is 0 Å². The number of hydrogen-bond acceptors (Lipinski definition) is 0. The Kier molecular flexibility index (Phi) is 4.39. The fourth-order valence-corrected chi connectivity index (χ4v) is 2.83. The Morgan fingerprint density at radius 1 is 0.636 bits per heavy atom. The van der Waals surface area contributed by atoms with E-state index < -0.39 is 0 Å².